The number of hydrogen-bond donors (Lipinski definition) is 2. The molecule has 1 aliphatic rings. The Hall–Kier alpha value is -1.10. The van der Waals surface area contributed by atoms with Gasteiger partial charge < -0.3 is 15.1 Å². The maximum absolute atomic E-state index is 12.5. The largest absolute Gasteiger partial charge is 0.481 e. The van der Waals surface area contributed by atoms with Gasteiger partial charge in [-0.3, -0.25) is 9.59 Å². The molecule has 0 aromatic heterocycles. The summed E-state index contributed by atoms with van der Waals surface area (Å²) in [5, 5.41) is 19.0. The number of aliphatic carboxylic acids is 1. The van der Waals surface area contributed by atoms with Gasteiger partial charge in [-0.05, 0) is 39.5 Å². The van der Waals surface area contributed by atoms with Gasteiger partial charge in [0.25, 0.3) is 0 Å². The third-order valence-corrected chi connectivity index (χ3v) is 3.70. The molecule has 3 atom stereocenters. The third-order valence-electron chi connectivity index (χ3n) is 3.70. The summed E-state index contributed by atoms with van der Waals surface area (Å²) in [5.41, 5.74) is -0.964. The van der Waals surface area contributed by atoms with Crippen LogP contribution in [0.5, 0.6) is 0 Å². The van der Waals surface area contributed by atoms with Crippen LogP contribution in [-0.2, 0) is 9.59 Å². The van der Waals surface area contributed by atoms with Crippen LogP contribution in [0.4, 0.5) is 0 Å². The van der Waals surface area contributed by atoms with Crippen molar-refractivity contribution in [2.24, 2.45) is 17.8 Å². The van der Waals surface area contributed by atoms with Crippen LogP contribution in [0.3, 0.4) is 0 Å². The number of carbonyl (C=O) groups excluding carboxylic acids is 1. The van der Waals surface area contributed by atoms with E-state index < -0.39 is 23.4 Å². The van der Waals surface area contributed by atoms with Gasteiger partial charge in [0.05, 0.1) is 17.4 Å². The summed E-state index contributed by atoms with van der Waals surface area (Å²) >= 11 is 0. The lowest BCUT2D eigenvalue weighted by atomic mass is 9.94. The minimum absolute atomic E-state index is 0.138. The van der Waals surface area contributed by atoms with E-state index in [9.17, 15) is 19.8 Å². The molecule has 0 saturated heterocycles. The van der Waals surface area contributed by atoms with Crippen molar-refractivity contribution in [2.45, 2.75) is 46.1 Å². The molecule has 1 rings (SSSR count). The van der Waals surface area contributed by atoms with E-state index in [0.29, 0.717) is 19.4 Å². The molecule has 2 N–H and O–H groups in total. The lowest BCUT2D eigenvalue weighted by Crippen LogP contribution is -2.46. The predicted molar refractivity (Wildman–Crippen MR) is 71.6 cm³/mol. The van der Waals surface area contributed by atoms with Gasteiger partial charge in [-0.2, -0.15) is 0 Å². The molecular weight excluding hydrogens is 246 g/mol. The summed E-state index contributed by atoms with van der Waals surface area (Å²) in [5.74, 6) is -1.80. The number of likely N-dealkylation sites (N-methyl/N-ethyl adjacent to an activating group) is 1. The molecule has 0 bridgehead atoms. The number of hydrogen-bond acceptors (Lipinski definition) is 3. The highest BCUT2D eigenvalue weighted by molar-refractivity contribution is 5.85. The third kappa shape index (κ3) is 4.20. The van der Waals surface area contributed by atoms with Crippen molar-refractivity contribution in [2.75, 3.05) is 13.1 Å². The van der Waals surface area contributed by atoms with Crippen LogP contribution in [-0.4, -0.2) is 45.7 Å². The van der Waals surface area contributed by atoms with Crippen molar-refractivity contribution in [1.29, 1.82) is 0 Å². The summed E-state index contributed by atoms with van der Waals surface area (Å²) < 4.78 is 0. The number of nitrogens with zero attached hydrogens (tertiary/aromatic N) is 1. The minimum Gasteiger partial charge on any atom is -0.481 e. The summed E-state index contributed by atoms with van der Waals surface area (Å²) in [6.45, 7) is 7.84. The number of aliphatic hydroxyl groups is 1. The summed E-state index contributed by atoms with van der Waals surface area (Å²) in [6.07, 6.45) is 1.18. The highest BCUT2D eigenvalue weighted by Crippen LogP contribution is 2.37. The molecule has 19 heavy (non-hydrogen) atoms. The molecule has 0 aromatic rings. The summed E-state index contributed by atoms with van der Waals surface area (Å²) in [7, 11) is 0. The van der Waals surface area contributed by atoms with E-state index in [1.54, 1.807) is 18.7 Å². The fourth-order valence-corrected chi connectivity index (χ4v) is 2.88. The van der Waals surface area contributed by atoms with Gasteiger partial charge in [-0.15, -0.1) is 0 Å². The molecule has 1 fully saturated rings. The van der Waals surface area contributed by atoms with Crippen LogP contribution in [0.25, 0.3) is 0 Å². The van der Waals surface area contributed by atoms with E-state index in [1.807, 2.05) is 13.8 Å². The van der Waals surface area contributed by atoms with Crippen molar-refractivity contribution in [3.05, 3.63) is 0 Å². The normalized spacial score (nSPS) is 27.3. The molecule has 0 spiro atoms. The second-order valence-electron chi connectivity index (χ2n) is 6.29. The maximum Gasteiger partial charge on any atom is 0.307 e. The molecule has 1 saturated carbocycles. The monoisotopic (exact) mass is 271 g/mol. The van der Waals surface area contributed by atoms with E-state index in [1.165, 1.54) is 0 Å². The summed E-state index contributed by atoms with van der Waals surface area (Å²) in [4.78, 5) is 25.3. The number of amides is 1. The Morgan fingerprint density at radius 1 is 1.26 bits per heavy atom. The van der Waals surface area contributed by atoms with Crippen LogP contribution in [0.1, 0.15) is 40.5 Å². The van der Waals surface area contributed by atoms with Gasteiger partial charge in [0, 0.05) is 13.1 Å². The first kappa shape index (κ1) is 16.0. The standard InChI is InChI=1S/C14H25NO4/c1-5-15(8-14(3,4)19)12(16)10-6-9(2)7-11(10)13(17)18/h9-11,19H,5-8H2,1-4H3,(H,17,18). The molecule has 5 nitrogen and oxygen atoms in total. The van der Waals surface area contributed by atoms with E-state index in [4.69, 9.17) is 0 Å². The Balaban J connectivity index is 2.81. The zero-order chi connectivity index (χ0) is 14.8. The van der Waals surface area contributed by atoms with E-state index in [2.05, 4.69) is 0 Å². The number of carboxylic acid groups (broad SMARTS) is 1. The Bertz CT molecular complexity index is 348. The van der Waals surface area contributed by atoms with Crippen LogP contribution in [0.15, 0.2) is 0 Å². The molecule has 3 unspecified atom stereocenters. The Kier molecular flexibility index (Phi) is 4.96. The molecule has 1 amide bonds. The highest BCUT2D eigenvalue weighted by atomic mass is 16.4. The summed E-state index contributed by atoms with van der Waals surface area (Å²) in [6, 6.07) is 0. The average Bonchev–Trinajstić information content (AvgIpc) is 2.66. The molecule has 1 aliphatic carbocycles. The first-order valence-corrected chi connectivity index (χ1v) is 6.89. The number of carboxylic acids is 1. The quantitative estimate of drug-likeness (QED) is 0.791. The molecule has 0 heterocycles. The zero-order valence-corrected chi connectivity index (χ0v) is 12.2. The smallest absolute Gasteiger partial charge is 0.307 e. The van der Waals surface area contributed by atoms with Crippen LogP contribution < -0.4 is 0 Å². The minimum atomic E-state index is -0.964. The molecule has 0 aliphatic heterocycles. The van der Waals surface area contributed by atoms with E-state index in [-0.39, 0.29) is 18.4 Å². The second-order valence-corrected chi connectivity index (χ2v) is 6.29. The Labute approximate surface area is 114 Å². The van der Waals surface area contributed by atoms with Crippen molar-refractivity contribution in [1.82, 2.24) is 4.90 Å². The zero-order valence-electron chi connectivity index (χ0n) is 12.2. The number of carbonyl (C=O) groups is 2. The molecule has 110 valence electrons. The van der Waals surface area contributed by atoms with Gasteiger partial charge in [-0.25, -0.2) is 0 Å². The van der Waals surface area contributed by atoms with Crippen LogP contribution in [0, 0.1) is 17.8 Å². The van der Waals surface area contributed by atoms with Crippen molar-refractivity contribution in [3.8, 4) is 0 Å². The van der Waals surface area contributed by atoms with Gasteiger partial charge in [-0.1, -0.05) is 6.92 Å². The number of rotatable bonds is 5. The first-order chi connectivity index (χ1) is 8.65. The average molecular weight is 271 g/mol. The molecule has 0 aromatic carbocycles. The van der Waals surface area contributed by atoms with Crippen molar-refractivity contribution >= 4 is 11.9 Å². The Morgan fingerprint density at radius 2 is 1.79 bits per heavy atom. The molecule has 0 radical (unpaired) electrons. The van der Waals surface area contributed by atoms with E-state index >= 15 is 0 Å². The van der Waals surface area contributed by atoms with Gasteiger partial charge >= 0.3 is 5.97 Å². The second kappa shape index (κ2) is 5.90. The topological polar surface area (TPSA) is 77.8 Å². The first-order valence-electron chi connectivity index (χ1n) is 6.89. The van der Waals surface area contributed by atoms with Gasteiger partial charge in [0.15, 0.2) is 0 Å². The SMILES string of the molecule is CCN(CC(C)(C)O)C(=O)C1CC(C)CC1C(=O)O. The van der Waals surface area contributed by atoms with Gasteiger partial charge in [0.1, 0.15) is 0 Å². The highest BCUT2D eigenvalue weighted by Gasteiger charge is 2.43. The van der Waals surface area contributed by atoms with E-state index in [0.717, 1.165) is 0 Å². The fourth-order valence-electron chi connectivity index (χ4n) is 2.88. The molecule has 5 heteroatoms. The maximum atomic E-state index is 12.5. The van der Waals surface area contributed by atoms with Gasteiger partial charge in [0.2, 0.25) is 5.91 Å². The lowest BCUT2D eigenvalue weighted by molar-refractivity contribution is -0.150. The Morgan fingerprint density at radius 3 is 2.21 bits per heavy atom. The predicted octanol–water partition coefficient (Wildman–Crippen LogP) is 1.35. The fraction of sp³-hybridized carbons (Fsp3) is 0.857. The van der Waals surface area contributed by atoms with Crippen molar-refractivity contribution < 1.29 is 19.8 Å². The lowest BCUT2D eigenvalue weighted by Gasteiger charge is -2.31. The molecular formula is C14H25NO4. The van der Waals surface area contributed by atoms with Crippen molar-refractivity contribution in [3.63, 3.8) is 0 Å². The van der Waals surface area contributed by atoms with Crippen LogP contribution >= 0.6 is 0 Å². The van der Waals surface area contributed by atoms with Crippen LogP contribution in [0.2, 0.25) is 0 Å².